The molecule has 4 aromatic carbocycles. The minimum atomic E-state index is -1.38. The minimum absolute atomic E-state index is 0.0163. The van der Waals surface area contributed by atoms with Crippen LogP contribution in [0.3, 0.4) is 0 Å². The number of amides is 2. The predicted octanol–water partition coefficient (Wildman–Crippen LogP) is 4.98. The van der Waals surface area contributed by atoms with Crippen LogP contribution < -0.4 is 24.6 Å². The maximum absolute atomic E-state index is 13.3. The first-order valence-electron chi connectivity index (χ1n) is 16.8. The lowest BCUT2D eigenvalue weighted by Crippen LogP contribution is -2.41. The molecular formula is C41H40N2O10. The van der Waals surface area contributed by atoms with E-state index < -0.39 is 29.0 Å². The fourth-order valence-corrected chi connectivity index (χ4v) is 6.91. The van der Waals surface area contributed by atoms with E-state index in [-0.39, 0.29) is 70.4 Å². The van der Waals surface area contributed by atoms with Crippen molar-refractivity contribution in [1.29, 1.82) is 0 Å². The van der Waals surface area contributed by atoms with Gasteiger partial charge in [0.25, 0.3) is 0 Å². The number of nitrogens with zero attached hydrogens (tertiary/aromatic N) is 2. The molecule has 1 spiro atoms. The van der Waals surface area contributed by atoms with Crippen LogP contribution >= 0.6 is 0 Å². The second-order valence-electron chi connectivity index (χ2n) is 13.9. The SMILES string of the molecule is C=c1c(C)c(O)c(=C)c(C(C)(C)CC(=O)N(C)CCN(C)C(=O)Oc2ccc3c(c2)Oc2cc(OC(C)=O)ccc2C32OC(=O)c3ccccc32)c1O. The molecule has 2 heterocycles. The number of rotatable bonds is 8. The van der Waals surface area contributed by atoms with Gasteiger partial charge in [0.2, 0.25) is 5.91 Å². The topological polar surface area (TPSA) is 152 Å². The van der Waals surface area contributed by atoms with E-state index in [0.717, 1.165) is 0 Å². The summed E-state index contributed by atoms with van der Waals surface area (Å²) >= 11 is 0. The van der Waals surface area contributed by atoms with Crippen molar-refractivity contribution in [3.8, 4) is 34.5 Å². The molecule has 274 valence electrons. The van der Waals surface area contributed by atoms with Crippen LogP contribution in [0.1, 0.15) is 65.4 Å². The molecule has 2 aliphatic rings. The van der Waals surface area contributed by atoms with Crippen molar-refractivity contribution >= 4 is 37.1 Å². The Hall–Kier alpha value is -6.30. The number of aromatic hydroxyl groups is 2. The molecule has 2 aliphatic heterocycles. The van der Waals surface area contributed by atoms with Crippen molar-refractivity contribution in [2.24, 2.45) is 0 Å². The second-order valence-corrected chi connectivity index (χ2v) is 13.9. The molecule has 0 saturated heterocycles. The Bertz CT molecular complexity index is 2320. The van der Waals surface area contributed by atoms with E-state index in [1.54, 1.807) is 76.3 Å². The molecule has 0 aromatic heterocycles. The monoisotopic (exact) mass is 720 g/mol. The van der Waals surface area contributed by atoms with Crippen LogP contribution in [0.5, 0.6) is 34.5 Å². The first-order valence-corrected chi connectivity index (χ1v) is 16.8. The van der Waals surface area contributed by atoms with E-state index in [4.69, 9.17) is 18.9 Å². The van der Waals surface area contributed by atoms with Gasteiger partial charge in [-0.25, -0.2) is 9.59 Å². The molecule has 2 amide bonds. The van der Waals surface area contributed by atoms with Gasteiger partial charge in [-0.2, -0.15) is 0 Å². The van der Waals surface area contributed by atoms with E-state index in [0.29, 0.717) is 33.4 Å². The van der Waals surface area contributed by atoms with Crippen LogP contribution in [0.4, 0.5) is 4.79 Å². The third-order valence-electron chi connectivity index (χ3n) is 9.82. The zero-order valence-electron chi connectivity index (χ0n) is 30.4. The summed E-state index contributed by atoms with van der Waals surface area (Å²) in [6, 6.07) is 16.6. The highest BCUT2D eigenvalue weighted by Crippen LogP contribution is 2.57. The van der Waals surface area contributed by atoms with Crippen LogP contribution in [0.15, 0.2) is 60.7 Å². The first kappa shape index (κ1) is 36.5. The lowest BCUT2D eigenvalue weighted by Gasteiger charge is -2.36. The second kappa shape index (κ2) is 13.4. The molecule has 0 aliphatic carbocycles. The number of phenolic OH excluding ortho intramolecular Hbond substituents is 2. The maximum Gasteiger partial charge on any atom is 0.415 e. The molecule has 1 atom stereocenters. The van der Waals surface area contributed by atoms with Crippen LogP contribution in [-0.2, 0) is 25.3 Å². The molecule has 12 nitrogen and oxygen atoms in total. The van der Waals surface area contributed by atoms with Crippen molar-refractivity contribution in [2.75, 3.05) is 27.2 Å². The first-order chi connectivity index (χ1) is 25.0. The van der Waals surface area contributed by atoms with E-state index >= 15 is 0 Å². The van der Waals surface area contributed by atoms with Gasteiger partial charge < -0.3 is 39.0 Å². The Morgan fingerprint density at radius 2 is 1.42 bits per heavy atom. The number of fused-ring (bicyclic) bond motifs is 6. The Balaban J connectivity index is 1.18. The Labute approximate surface area is 306 Å². The quantitative estimate of drug-likeness (QED) is 0.145. The minimum Gasteiger partial charge on any atom is -0.507 e. The van der Waals surface area contributed by atoms with E-state index in [2.05, 4.69) is 13.2 Å². The van der Waals surface area contributed by atoms with Crippen LogP contribution in [-0.4, -0.2) is 71.1 Å². The number of esters is 2. The average molecular weight is 721 g/mol. The van der Waals surface area contributed by atoms with E-state index in [9.17, 15) is 29.4 Å². The molecule has 2 N–H and O–H groups in total. The van der Waals surface area contributed by atoms with Crippen LogP contribution in [0, 0.1) is 6.92 Å². The summed E-state index contributed by atoms with van der Waals surface area (Å²) < 4.78 is 23.4. The highest BCUT2D eigenvalue weighted by atomic mass is 16.6. The summed E-state index contributed by atoms with van der Waals surface area (Å²) in [5.74, 6) is -0.557. The van der Waals surface area contributed by atoms with Gasteiger partial charge >= 0.3 is 18.0 Å². The van der Waals surface area contributed by atoms with Gasteiger partial charge in [0.15, 0.2) is 5.60 Å². The Morgan fingerprint density at radius 1 is 0.830 bits per heavy atom. The maximum atomic E-state index is 13.3. The number of phenols is 2. The number of likely N-dealkylation sites (N-methyl/N-ethyl adjacent to an activating group) is 2. The average Bonchev–Trinajstić information content (AvgIpc) is 3.40. The fraction of sp³-hybridized carbons (Fsp3) is 0.268. The normalized spacial score (nSPS) is 15.4. The summed E-state index contributed by atoms with van der Waals surface area (Å²) in [6.07, 6.45) is -0.714. The molecule has 0 bridgehead atoms. The largest absolute Gasteiger partial charge is 0.507 e. The lowest BCUT2D eigenvalue weighted by molar-refractivity contribution is -0.132. The number of benzene rings is 4. The van der Waals surface area contributed by atoms with Crippen LogP contribution in [0.25, 0.3) is 13.2 Å². The molecular weight excluding hydrogens is 680 g/mol. The van der Waals surface area contributed by atoms with Crippen molar-refractivity contribution in [3.63, 3.8) is 0 Å². The van der Waals surface area contributed by atoms with Gasteiger partial charge in [-0.05, 0) is 37.3 Å². The van der Waals surface area contributed by atoms with Gasteiger partial charge in [-0.1, -0.05) is 45.2 Å². The number of carbonyl (C=O) groups is 4. The van der Waals surface area contributed by atoms with Crippen LogP contribution in [0.2, 0.25) is 0 Å². The van der Waals surface area contributed by atoms with Gasteiger partial charge in [-0.3, -0.25) is 9.59 Å². The highest BCUT2D eigenvalue weighted by molar-refractivity contribution is 5.97. The molecule has 0 radical (unpaired) electrons. The van der Waals surface area contributed by atoms with Crippen molar-refractivity contribution in [1.82, 2.24) is 9.80 Å². The van der Waals surface area contributed by atoms with Gasteiger partial charge in [0.1, 0.15) is 34.5 Å². The third kappa shape index (κ3) is 6.30. The summed E-state index contributed by atoms with van der Waals surface area (Å²) in [6.45, 7) is 14.5. The zero-order chi connectivity index (χ0) is 38.6. The number of ether oxygens (including phenoxy) is 4. The molecule has 6 rings (SSSR count). The molecule has 53 heavy (non-hydrogen) atoms. The number of carbonyl (C=O) groups excluding carboxylic acids is 4. The number of hydrogen-bond acceptors (Lipinski definition) is 10. The lowest BCUT2D eigenvalue weighted by atomic mass is 9.77. The summed E-state index contributed by atoms with van der Waals surface area (Å²) in [7, 11) is 3.14. The Morgan fingerprint density at radius 3 is 2.04 bits per heavy atom. The fourth-order valence-electron chi connectivity index (χ4n) is 6.91. The summed E-state index contributed by atoms with van der Waals surface area (Å²) in [4.78, 5) is 54.2. The smallest absolute Gasteiger partial charge is 0.415 e. The van der Waals surface area contributed by atoms with Gasteiger partial charge in [0, 0.05) is 96.3 Å². The van der Waals surface area contributed by atoms with Gasteiger partial charge in [-0.15, -0.1) is 0 Å². The summed E-state index contributed by atoms with van der Waals surface area (Å²) in [5.41, 5.74) is 0.523. The zero-order valence-corrected chi connectivity index (χ0v) is 30.4. The van der Waals surface area contributed by atoms with E-state index in [1.807, 2.05) is 0 Å². The molecule has 12 heteroatoms. The van der Waals surface area contributed by atoms with E-state index in [1.165, 1.54) is 35.9 Å². The van der Waals surface area contributed by atoms with Crippen molar-refractivity contribution in [3.05, 3.63) is 104 Å². The number of hydrogen-bond donors (Lipinski definition) is 2. The molecule has 1 unspecified atom stereocenters. The Kier molecular flexibility index (Phi) is 9.19. The molecule has 0 fully saturated rings. The van der Waals surface area contributed by atoms with Crippen molar-refractivity contribution < 1.29 is 48.3 Å². The predicted molar refractivity (Wildman–Crippen MR) is 195 cm³/mol. The molecule has 0 saturated carbocycles. The molecule has 4 aromatic rings. The third-order valence-corrected chi connectivity index (χ3v) is 9.82. The van der Waals surface area contributed by atoms with Gasteiger partial charge in [0.05, 0.1) is 5.56 Å². The van der Waals surface area contributed by atoms with Crippen molar-refractivity contribution in [2.45, 2.75) is 45.1 Å². The standard InChI is InChI=1S/C41H40N2O10/c1-22-23(2)37(47)35(24(3)36(22)46)40(5,6)21-34(45)42(7)17-18-43(8)39(49)51-27-14-16-31-33(20-27)52-32-19-26(50-25(4)44)13-15-30(32)41(31)29-12-10-9-11-28(29)38(48)53-41/h9-16,19-20,46-47H,2-3,17-18,21H2,1,4-8H3. The highest BCUT2D eigenvalue weighted by Gasteiger charge is 2.53. The summed E-state index contributed by atoms with van der Waals surface area (Å²) in [5, 5.41) is 21.9.